The highest BCUT2D eigenvalue weighted by Crippen LogP contribution is 2.49. The molecular formula is C19H24N6S. The highest BCUT2D eigenvalue weighted by atomic mass is 32.2. The maximum Gasteiger partial charge on any atom is 0.104 e. The summed E-state index contributed by atoms with van der Waals surface area (Å²) in [5, 5.41) is 13.0. The molecule has 2 N–H and O–H groups in total. The van der Waals surface area contributed by atoms with E-state index < -0.39 is 0 Å². The van der Waals surface area contributed by atoms with Crippen LogP contribution in [0.2, 0.25) is 0 Å². The molecule has 3 heterocycles. The Morgan fingerprint density at radius 1 is 1.19 bits per heavy atom. The summed E-state index contributed by atoms with van der Waals surface area (Å²) in [6, 6.07) is 6.46. The van der Waals surface area contributed by atoms with Crippen LogP contribution in [-0.2, 0) is 6.54 Å². The van der Waals surface area contributed by atoms with Crippen molar-refractivity contribution in [1.82, 2.24) is 25.0 Å². The molecule has 1 aliphatic heterocycles. The minimum absolute atomic E-state index is 0.871. The summed E-state index contributed by atoms with van der Waals surface area (Å²) in [5.41, 5.74) is 4.55. The smallest absolute Gasteiger partial charge is 0.104 e. The van der Waals surface area contributed by atoms with Crippen molar-refractivity contribution in [3.8, 4) is 11.3 Å². The highest BCUT2D eigenvalue weighted by Gasteiger charge is 2.26. The monoisotopic (exact) mass is 368 g/mol. The number of hydrogen-bond acceptors (Lipinski definition) is 6. The van der Waals surface area contributed by atoms with Gasteiger partial charge in [0.15, 0.2) is 0 Å². The van der Waals surface area contributed by atoms with E-state index in [1.807, 2.05) is 31.2 Å². The molecule has 0 saturated heterocycles. The normalized spacial score (nSPS) is 12.6. The van der Waals surface area contributed by atoms with Crippen LogP contribution in [0, 0.1) is 0 Å². The Bertz CT molecular complexity index is 933. The maximum absolute atomic E-state index is 4.97. The SMILES string of the molecule is CNCCNc1ccc2c3c(nn2CCN(C)C)-c2cnccc2Sc13. The van der Waals surface area contributed by atoms with Crippen LogP contribution < -0.4 is 10.6 Å². The van der Waals surface area contributed by atoms with E-state index in [0.717, 1.165) is 37.4 Å². The van der Waals surface area contributed by atoms with Crippen LogP contribution in [0.4, 0.5) is 5.69 Å². The average molecular weight is 369 g/mol. The topological polar surface area (TPSA) is 58.0 Å². The van der Waals surface area contributed by atoms with Gasteiger partial charge >= 0.3 is 0 Å². The minimum atomic E-state index is 0.871. The van der Waals surface area contributed by atoms with Crippen molar-refractivity contribution < 1.29 is 0 Å². The average Bonchev–Trinajstić information content (AvgIpc) is 3.02. The number of anilines is 1. The first kappa shape index (κ1) is 17.3. The summed E-state index contributed by atoms with van der Waals surface area (Å²) in [6.45, 7) is 3.65. The minimum Gasteiger partial charge on any atom is -0.383 e. The summed E-state index contributed by atoms with van der Waals surface area (Å²) >= 11 is 1.81. The fourth-order valence-corrected chi connectivity index (χ4v) is 4.38. The molecule has 26 heavy (non-hydrogen) atoms. The van der Waals surface area contributed by atoms with E-state index in [-0.39, 0.29) is 0 Å². The van der Waals surface area contributed by atoms with Gasteiger partial charge in [-0.25, -0.2) is 0 Å². The molecule has 0 amide bonds. The van der Waals surface area contributed by atoms with Crippen LogP contribution in [-0.4, -0.2) is 60.4 Å². The Hall–Kier alpha value is -2.09. The van der Waals surface area contributed by atoms with E-state index in [2.05, 4.69) is 57.5 Å². The van der Waals surface area contributed by atoms with Crippen LogP contribution in [0.3, 0.4) is 0 Å². The van der Waals surface area contributed by atoms with Gasteiger partial charge < -0.3 is 15.5 Å². The number of likely N-dealkylation sites (N-methyl/N-ethyl adjacent to an activating group) is 2. The molecule has 1 aromatic carbocycles. The molecule has 0 radical (unpaired) electrons. The quantitative estimate of drug-likeness (QED) is 0.489. The zero-order chi connectivity index (χ0) is 18.1. The fraction of sp³-hybridized carbons (Fsp3) is 0.368. The van der Waals surface area contributed by atoms with Gasteiger partial charge in [0.05, 0.1) is 12.1 Å². The van der Waals surface area contributed by atoms with Gasteiger partial charge in [-0.3, -0.25) is 9.67 Å². The van der Waals surface area contributed by atoms with Gasteiger partial charge in [-0.2, -0.15) is 5.10 Å². The first-order chi connectivity index (χ1) is 12.7. The molecule has 0 bridgehead atoms. The second-order valence-electron chi connectivity index (χ2n) is 6.72. The summed E-state index contributed by atoms with van der Waals surface area (Å²) in [5.74, 6) is 0. The third-order valence-corrected chi connectivity index (χ3v) is 5.77. The Balaban J connectivity index is 1.84. The van der Waals surface area contributed by atoms with Crippen LogP contribution in [0.1, 0.15) is 0 Å². The van der Waals surface area contributed by atoms with Gasteiger partial charge in [0, 0.05) is 58.5 Å². The first-order valence-electron chi connectivity index (χ1n) is 8.88. The van der Waals surface area contributed by atoms with Crippen molar-refractivity contribution in [2.24, 2.45) is 0 Å². The Labute approximate surface area is 158 Å². The van der Waals surface area contributed by atoms with Crippen LogP contribution in [0.25, 0.3) is 22.2 Å². The Morgan fingerprint density at radius 3 is 2.88 bits per heavy atom. The van der Waals surface area contributed by atoms with E-state index in [9.17, 15) is 0 Å². The largest absolute Gasteiger partial charge is 0.383 e. The van der Waals surface area contributed by atoms with Crippen LogP contribution >= 0.6 is 11.8 Å². The highest BCUT2D eigenvalue weighted by molar-refractivity contribution is 8.00. The zero-order valence-corrected chi connectivity index (χ0v) is 16.2. The van der Waals surface area contributed by atoms with E-state index in [4.69, 9.17) is 5.10 Å². The summed E-state index contributed by atoms with van der Waals surface area (Å²) in [6.07, 6.45) is 3.79. The lowest BCUT2D eigenvalue weighted by molar-refractivity contribution is 0.377. The van der Waals surface area contributed by atoms with Crippen molar-refractivity contribution in [3.05, 3.63) is 30.6 Å². The predicted octanol–water partition coefficient (Wildman–Crippen LogP) is 2.76. The molecule has 0 saturated carbocycles. The van der Waals surface area contributed by atoms with E-state index >= 15 is 0 Å². The third kappa shape index (κ3) is 3.06. The summed E-state index contributed by atoms with van der Waals surface area (Å²) in [7, 11) is 6.16. The van der Waals surface area contributed by atoms with E-state index in [1.54, 1.807) is 0 Å². The van der Waals surface area contributed by atoms with E-state index in [1.165, 1.54) is 26.4 Å². The van der Waals surface area contributed by atoms with Crippen molar-refractivity contribution in [3.63, 3.8) is 0 Å². The van der Waals surface area contributed by atoms with Gasteiger partial charge in [-0.1, -0.05) is 11.8 Å². The number of benzene rings is 1. The fourth-order valence-electron chi connectivity index (χ4n) is 3.22. The molecule has 1 aliphatic rings. The van der Waals surface area contributed by atoms with Crippen molar-refractivity contribution in [2.75, 3.05) is 46.1 Å². The maximum atomic E-state index is 4.97. The molecule has 0 unspecified atom stereocenters. The third-order valence-electron chi connectivity index (χ3n) is 4.57. The van der Waals surface area contributed by atoms with E-state index in [0.29, 0.717) is 0 Å². The van der Waals surface area contributed by atoms with Gasteiger partial charge in [-0.15, -0.1) is 0 Å². The molecule has 2 aromatic heterocycles. The molecule has 3 aromatic rings. The Kier molecular flexibility index (Phi) is 4.84. The van der Waals surface area contributed by atoms with Crippen molar-refractivity contribution in [2.45, 2.75) is 16.3 Å². The van der Waals surface area contributed by atoms with Gasteiger partial charge in [-0.05, 0) is 39.3 Å². The first-order valence-corrected chi connectivity index (χ1v) is 9.69. The Morgan fingerprint density at radius 2 is 2.08 bits per heavy atom. The number of nitrogens with zero attached hydrogens (tertiary/aromatic N) is 4. The molecule has 0 aliphatic carbocycles. The molecule has 0 spiro atoms. The molecule has 7 heteroatoms. The molecule has 6 nitrogen and oxygen atoms in total. The molecule has 136 valence electrons. The second-order valence-corrected chi connectivity index (χ2v) is 7.77. The van der Waals surface area contributed by atoms with Crippen molar-refractivity contribution in [1.29, 1.82) is 0 Å². The molecule has 0 fully saturated rings. The van der Waals surface area contributed by atoms with Crippen molar-refractivity contribution >= 4 is 28.4 Å². The van der Waals surface area contributed by atoms with Gasteiger partial charge in [0.2, 0.25) is 0 Å². The van der Waals surface area contributed by atoms with Gasteiger partial charge in [0.1, 0.15) is 5.69 Å². The van der Waals surface area contributed by atoms with Crippen LogP contribution in [0.15, 0.2) is 40.4 Å². The number of hydrogen-bond donors (Lipinski definition) is 2. The second kappa shape index (κ2) is 7.26. The standard InChI is InChI=1S/C19H24N6S/c1-20-8-9-22-14-4-5-15-17-18(23-25(15)11-10-24(2)3)13-12-21-7-6-16(13)26-19(14)17/h4-7,12,20,22H,8-11H2,1-3H3. The lowest BCUT2D eigenvalue weighted by Gasteiger charge is -2.18. The zero-order valence-electron chi connectivity index (χ0n) is 15.4. The molecular weight excluding hydrogens is 344 g/mol. The lowest BCUT2D eigenvalue weighted by Crippen LogP contribution is -2.19. The number of fused-ring (bicyclic) bond motifs is 2. The lowest BCUT2D eigenvalue weighted by atomic mass is 10.1. The summed E-state index contributed by atoms with van der Waals surface area (Å²) in [4.78, 5) is 9.00. The molecule has 4 rings (SSSR count). The summed E-state index contributed by atoms with van der Waals surface area (Å²) < 4.78 is 2.13. The number of aromatic nitrogens is 3. The molecule has 0 atom stereocenters. The number of nitrogens with one attached hydrogen (secondary N) is 2. The van der Waals surface area contributed by atoms with Gasteiger partial charge in [0.25, 0.3) is 0 Å². The predicted molar refractivity (Wildman–Crippen MR) is 108 cm³/mol. The van der Waals surface area contributed by atoms with Crippen LogP contribution in [0.5, 0.6) is 0 Å². The number of rotatable bonds is 7. The number of pyridine rings is 1.